The third-order valence-corrected chi connectivity index (χ3v) is 5.08. The molecule has 0 spiro atoms. The topological polar surface area (TPSA) is 68.0 Å². The molecule has 1 aliphatic rings. The molecule has 0 saturated heterocycles. The summed E-state index contributed by atoms with van der Waals surface area (Å²) in [5.74, 6) is -0.0190. The molecule has 0 bridgehead atoms. The van der Waals surface area contributed by atoms with Gasteiger partial charge in [0.1, 0.15) is 4.88 Å². The molecule has 1 aromatic carbocycles. The van der Waals surface area contributed by atoms with Gasteiger partial charge in [-0.25, -0.2) is 4.98 Å². The van der Waals surface area contributed by atoms with Crippen LogP contribution < -0.4 is 11.1 Å². The first-order valence-electron chi connectivity index (χ1n) is 7.81. The molecular weight excluding hydrogens is 365 g/mol. The van der Waals surface area contributed by atoms with Crippen molar-refractivity contribution in [2.45, 2.75) is 45.1 Å². The van der Waals surface area contributed by atoms with Crippen LogP contribution in [0, 0.1) is 0 Å². The Bertz CT molecular complexity index is 690. The van der Waals surface area contributed by atoms with Gasteiger partial charge in [0, 0.05) is 5.69 Å². The second-order valence-electron chi connectivity index (χ2n) is 5.74. The average Bonchev–Trinajstić information content (AvgIpc) is 2.96. The first-order chi connectivity index (χ1) is 10.7. The molecule has 1 amide bonds. The number of hydrogen-bond donors (Lipinski definition) is 2. The van der Waals surface area contributed by atoms with Gasteiger partial charge in [0.2, 0.25) is 0 Å². The van der Waals surface area contributed by atoms with E-state index in [1.54, 1.807) is 6.20 Å². The lowest BCUT2D eigenvalue weighted by Gasteiger charge is -2.26. The molecular formula is C17H23Cl2N3OS. The van der Waals surface area contributed by atoms with Crippen LogP contribution in [0.4, 0.5) is 5.69 Å². The van der Waals surface area contributed by atoms with Gasteiger partial charge in [-0.3, -0.25) is 4.79 Å². The van der Waals surface area contributed by atoms with Gasteiger partial charge in [-0.05, 0) is 55.4 Å². The van der Waals surface area contributed by atoms with E-state index in [2.05, 4.69) is 17.2 Å². The summed E-state index contributed by atoms with van der Waals surface area (Å²) in [7, 11) is 0. The summed E-state index contributed by atoms with van der Waals surface area (Å²) in [6.45, 7) is 2.12. The lowest BCUT2D eigenvalue weighted by molar-refractivity contribution is 0.0936. The van der Waals surface area contributed by atoms with Crippen LogP contribution in [0.25, 0.3) is 0 Å². The largest absolute Gasteiger partial charge is 0.399 e. The van der Waals surface area contributed by atoms with Crippen molar-refractivity contribution in [3.63, 3.8) is 0 Å². The molecule has 0 aliphatic heterocycles. The highest BCUT2D eigenvalue weighted by Gasteiger charge is 2.23. The van der Waals surface area contributed by atoms with Crippen molar-refractivity contribution in [3.8, 4) is 0 Å². The molecule has 0 radical (unpaired) electrons. The number of anilines is 1. The SMILES string of the molecule is CCCc1ncc(C(=O)NC2CCCc3cc(N)ccc32)s1.Cl.Cl. The highest BCUT2D eigenvalue weighted by atomic mass is 35.5. The molecule has 1 unspecified atom stereocenters. The number of rotatable bonds is 4. The van der Waals surface area contributed by atoms with Gasteiger partial charge < -0.3 is 11.1 Å². The van der Waals surface area contributed by atoms with E-state index in [0.29, 0.717) is 4.88 Å². The smallest absolute Gasteiger partial charge is 0.263 e. The zero-order chi connectivity index (χ0) is 15.5. The molecule has 2 aromatic rings. The molecule has 1 aliphatic carbocycles. The molecule has 24 heavy (non-hydrogen) atoms. The second kappa shape index (κ2) is 9.25. The van der Waals surface area contributed by atoms with E-state index in [1.165, 1.54) is 22.5 Å². The van der Waals surface area contributed by atoms with E-state index in [0.717, 1.165) is 42.8 Å². The van der Waals surface area contributed by atoms with Crippen molar-refractivity contribution in [1.29, 1.82) is 0 Å². The van der Waals surface area contributed by atoms with E-state index in [4.69, 9.17) is 5.73 Å². The fraction of sp³-hybridized carbons (Fsp3) is 0.412. The Kier molecular flexibility index (Phi) is 8.00. The third kappa shape index (κ3) is 4.62. The number of nitrogens with two attached hydrogens (primary N) is 1. The van der Waals surface area contributed by atoms with Crippen LogP contribution in [0.5, 0.6) is 0 Å². The molecule has 0 saturated carbocycles. The Morgan fingerprint density at radius 3 is 2.96 bits per heavy atom. The fourth-order valence-corrected chi connectivity index (χ4v) is 3.88. The molecule has 0 fully saturated rings. The fourth-order valence-electron chi connectivity index (χ4n) is 2.96. The normalized spacial score (nSPS) is 15.6. The van der Waals surface area contributed by atoms with Crippen LogP contribution in [0.15, 0.2) is 24.4 Å². The summed E-state index contributed by atoms with van der Waals surface area (Å²) < 4.78 is 0. The number of nitrogens with zero attached hydrogens (tertiary/aromatic N) is 1. The van der Waals surface area contributed by atoms with Crippen molar-refractivity contribution in [1.82, 2.24) is 10.3 Å². The van der Waals surface area contributed by atoms with E-state index < -0.39 is 0 Å². The molecule has 4 nitrogen and oxygen atoms in total. The maximum atomic E-state index is 12.4. The highest BCUT2D eigenvalue weighted by Crippen LogP contribution is 2.31. The number of fused-ring (bicyclic) bond motifs is 1. The molecule has 3 N–H and O–H groups in total. The zero-order valence-electron chi connectivity index (χ0n) is 13.6. The lowest BCUT2D eigenvalue weighted by Crippen LogP contribution is -2.30. The van der Waals surface area contributed by atoms with Gasteiger partial charge in [-0.15, -0.1) is 36.2 Å². The molecule has 1 heterocycles. The van der Waals surface area contributed by atoms with E-state index >= 15 is 0 Å². The monoisotopic (exact) mass is 387 g/mol. The Morgan fingerprint density at radius 2 is 2.21 bits per heavy atom. The number of nitrogens with one attached hydrogen (secondary N) is 1. The van der Waals surface area contributed by atoms with Crippen LogP contribution in [-0.2, 0) is 12.8 Å². The number of carbonyl (C=O) groups is 1. The standard InChI is InChI=1S/C17H21N3OS.2ClH/c1-2-4-16-19-10-15(22-16)17(21)20-14-6-3-5-11-9-12(18)7-8-13(11)14;;/h7-10,14H,2-6,18H2,1H3,(H,20,21);2*1H. The number of aromatic nitrogens is 1. The number of thiazole rings is 1. The number of carbonyl (C=O) groups excluding carboxylic acids is 1. The quantitative estimate of drug-likeness (QED) is 0.766. The van der Waals surface area contributed by atoms with E-state index in [9.17, 15) is 4.79 Å². The molecule has 3 rings (SSSR count). The van der Waals surface area contributed by atoms with E-state index in [-0.39, 0.29) is 36.8 Å². The maximum absolute atomic E-state index is 12.4. The van der Waals surface area contributed by atoms with Gasteiger partial charge in [0.15, 0.2) is 0 Å². The number of hydrogen-bond acceptors (Lipinski definition) is 4. The van der Waals surface area contributed by atoms with Crippen molar-refractivity contribution >= 4 is 47.7 Å². The molecule has 1 atom stereocenters. The van der Waals surface area contributed by atoms with Crippen LogP contribution in [0.1, 0.15) is 58.0 Å². The molecule has 132 valence electrons. The van der Waals surface area contributed by atoms with Gasteiger partial charge in [-0.1, -0.05) is 13.0 Å². The first kappa shape index (κ1) is 20.7. The van der Waals surface area contributed by atoms with Crippen LogP contribution >= 0.6 is 36.2 Å². The Hall–Kier alpha value is -1.30. The van der Waals surface area contributed by atoms with Crippen molar-refractivity contribution in [2.24, 2.45) is 0 Å². The van der Waals surface area contributed by atoms with Crippen LogP contribution in [-0.4, -0.2) is 10.9 Å². The summed E-state index contributed by atoms with van der Waals surface area (Å²) in [5, 5.41) is 4.19. The predicted octanol–water partition coefficient (Wildman–Crippen LogP) is 4.33. The summed E-state index contributed by atoms with van der Waals surface area (Å²) >= 11 is 1.49. The Labute approximate surface area is 159 Å². The summed E-state index contributed by atoms with van der Waals surface area (Å²) in [6, 6.07) is 6.06. The minimum absolute atomic E-state index is 0. The first-order valence-corrected chi connectivity index (χ1v) is 8.63. The summed E-state index contributed by atoms with van der Waals surface area (Å²) in [6.07, 6.45) is 6.76. The summed E-state index contributed by atoms with van der Waals surface area (Å²) in [4.78, 5) is 17.5. The zero-order valence-corrected chi connectivity index (χ0v) is 16.0. The Balaban J connectivity index is 0.00000144. The molecule has 1 aromatic heterocycles. The van der Waals surface area contributed by atoms with Gasteiger partial charge >= 0.3 is 0 Å². The van der Waals surface area contributed by atoms with Crippen molar-refractivity contribution in [3.05, 3.63) is 45.4 Å². The minimum Gasteiger partial charge on any atom is -0.399 e. The van der Waals surface area contributed by atoms with Crippen molar-refractivity contribution in [2.75, 3.05) is 5.73 Å². The maximum Gasteiger partial charge on any atom is 0.263 e. The average molecular weight is 388 g/mol. The lowest BCUT2D eigenvalue weighted by atomic mass is 9.87. The second-order valence-corrected chi connectivity index (χ2v) is 6.86. The number of aryl methyl sites for hydroxylation is 2. The third-order valence-electron chi connectivity index (χ3n) is 4.03. The van der Waals surface area contributed by atoms with Crippen LogP contribution in [0.2, 0.25) is 0 Å². The Morgan fingerprint density at radius 1 is 1.42 bits per heavy atom. The minimum atomic E-state index is -0.0190. The van der Waals surface area contributed by atoms with Gasteiger partial charge in [-0.2, -0.15) is 0 Å². The van der Waals surface area contributed by atoms with Gasteiger partial charge in [0.05, 0.1) is 17.2 Å². The van der Waals surface area contributed by atoms with Gasteiger partial charge in [0.25, 0.3) is 5.91 Å². The number of nitrogen functional groups attached to an aromatic ring is 1. The van der Waals surface area contributed by atoms with E-state index in [1.807, 2.05) is 18.2 Å². The predicted molar refractivity (Wildman–Crippen MR) is 105 cm³/mol. The number of halogens is 2. The van der Waals surface area contributed by atoms with Crippen LogP contribution in [0.3, 0.4) is 0 Å². The molecule has 7 heteroatoms. The number of amides is 1. The highest BCUT2D eigenvalue weighted by molar-refractivity contribution is 7.13. The van der Waals surface area contributed by atoms with Crippen molar-refractivity contribution < 1.29 is 4.79 Å². The number of benzene rings is 1. The summed E-state index contributed by atoms with van der Waals surface area (Å²) in [5.41, 5.74) is 9.10.